The van der Waals surface area contributed by atoms with Gasteiger partial charge in [0.15, 0.2) is 0 Å². The summed E-state index contributed by atoms with van der Waals surface area (Å²) in [6.45, 7) is 4.07. The Kier molecular flexibility index (Phi) is 4.26. The first-order valence-corrected chi connectivity index (χ1v) is 6.39. The number of methoxy groups -OCH3 is 1. The van der Waals surface area contributed by atoms with Crippen LogP contribution in [0.2, 0.25) is 0 Å². The van der Waals surface area contributed by atoms with E-state index in [4.69, 9.17) is 9.47 Å². The normalized spacial score (nSPS) is 18.4. The van der Waals surface area contributed by atoms with Gasteiger partial charge in [-0.3, -0.25) is 0 Å². The molecule has 0 aliphatic carbocycles. The van der Waals surface area contributed by atoms with Crippen molar-refractivity contribution < 1.29 is 9.47 Å². The van der Waals surface area contributed by atoms with Crippen LogP contribution in [0.3, 0.4) is 0 Å². The van der Waals surface area contributed by atoms with E-state index in [1.54, 1.807) is 7.11 Å². The van der Waals surface area contributed by atoms with Crippen molar-refractivity contribution in [2.45, 2.75) is 32.2 Å². The van der Waals surface area contributed by atoms with Crippen LogP contribution >= 0.6 is 0 Å². The molecule has 0 bridgehead atoms. The van der Waals surface area contributed by atoms with Gasteiger partial charge in [0, 0.05) is 24.1 Å². The lowest BCUT2D eigenvalue weighted by molar-refractivity contribution is 0.251. The molecule has 1 atom stereocenters. The third-order valence-corrected chi connectivity index (χ3v) is 3.18. The largest absolute Gasteiger partial charge is 0.497 e. The minimum atomic E-state index is 0.427. The van der Waals surface area contributed by atoms with E-state index in [0.29, 0.717) is 6.04 Å². The lowest BCUT2D eigenvalue weighted by Gasteiger charge is -2.27. The first kappa shape index (κ1) is 12.2. The van der Waals surface area contributed by atoms with Gasteiger partial charge in [0.05, 0.1) is 13.7 Å². The summed E-state index contributed by atoms with van der Waals surface area (Å²) in [4.78, 5) is 0. The van der Waals surface area contributed by atoms with Gasteiger partial charge in [0.25, 0.3) is 0 Å². The van der Waals surface area contributed by atoms with Gasteiger partial charge >= 0.3 is 0 Å². The third-order valence-electron chi connectivity index (χ3n) is 3.18. The van der Waals surface area contributed by atoms with Gasteiger partial charge in [-0.1, -0.05) is 19.4 Å². The number of hydrogen-bond acceptors (Lipinski definition) is 3. The molecular weight excluding hydrogens is 214 g/mol. The highest BCUT2D eigenvalue weighted by atomic mass is 16.5. The maximum absolute atomic E-state index is 5.68. The highest BCUT2D eigenvalue weighted by Crippen LogP contribution is 2.34. The standard InChI is InChI=1S/C14H21NO2/c1-3-4-8-15-13-7-9-17-14-10-11(16-2)5-6-12(13)14/h5-6,10,13,15H,3-4,7-9H2,1-2H3. The van der Waals surface area contributed by atoms with Crippen LogP contribution in [0.1, 0.15) is 37.8 Å². The third kappa shape index (κ3) is 2.91. The Hall–Kier alpha value is -1.22. The Morgan fingerprint density at radius 3 is 3.12 bits per heavy atom. The molecule has 0 amide bonds. The predicted molar refractivity (Wildman–Crippen MR) is 68.8 cm³/mol. The van der Waals surface area contributed by atoms with Crippen molar-refractivity contribution >= 4 is 0 Å². The number of unbranched alkanes of at least 4 members (excludes halogenated alkanes) is 1. The first-order valence-electron chi connectivity index (χ1n) is 6.39. The second-order valence-electron chi connectivity index (χ2n) is 4.40. The molecule has 1 aliphatic rings. The van der Waals surface area contributed by atoms with Crippen LogP contribution in [0.15, 0.2) is 18.2 Å². The summed E-state index contributed by atoms with van der Waals surface area (Å²) in [5.41, 5.74) is 1.26. The molecule has 0 saturated carbocycles. The lowest BCUT2D eigenvalue weighted by Crippen LogP contribution is -2.27. The molecule has 0 radical (unpaired) electrons. The van der Waals surface area contributed by atoms with E-state index in [2.05, 4.69) is 18.3 Å². The molecule has 1 aromatic carbocycles. The summed E-state index contributed by atoms with van der Waals surface area (Å²) < 4.78 is 10.9. The van der Waals surface area contributed by atoms with E-state index >= 15 is 0 Å². The van der Waals surface area contributed by atoms with Gasteiger partial charge in [-0.15, -0.1) is 0 Å². The van der Waals surface area contributed by atoms with Gasteiger partial charge in [-0.05, 0) is 19.0 Å². The number of fused-ring (bicyclic) bond motifs is 1. The molecule has 0 aromatic heterocycles. The van der Waals surface area contributed by atoms with E-state index in [1.807, 2.05) is 12.1 Å². The van der Waals surface area contributed by atoms with E-state index in [9.17, 15) is 0 Å². The van der Waals surface area contributed by atoms with Crippen LogP contribution < -0.4 is 14.8 Å². The Labute approximate surface area is 103 Å². The topological polar surface area (TPSA) is 30.5 Å². The fourth-order valence-electron chi connectivity index (χ4n) is 2.16. The molecule has 2 rings (SSSR count). The first-order chi connectivity index (χ1) is 8.35. The molecule has 94 valence electrons. The molecule has 0 fully saturated rings. The molecule has 0 saturated heterocycles. The maximum Gasteiger partial charge on any atom is 0.127 e. The van der Waals surface area contributed by atoms with E-state index in [-0.39, 0.29) is 0 Å². The molecule has 1 aliphatic heterocycles. The minimum Gasteiger partial charge on any atom is -0.497 e. The molecule has 1 N–H and O–H groups in total. The Morgan fingerprint density at radius 1 is 1.47 bits per heavy atom. The van der Waals surface area contributed by atoms with E-state index < -0.39 is 0 Å². The summed E-state index contributed by atoms with van der Waals surface area (Å²) >= 11 is 0. The second kappa shape index (κ2) is 5.92. The Bertz CT molecular complexity index is 365. The van der Waals surface area contributed by atoms with Crippen LogP contribution in [-0.2, 0) is 0 Å². The van der Waals surface area contributed by atoms with Gasteiger partial charge in [-0.25, -0.2) is 0 Å². The number of hydrogen-bond donors (Lipinski definition) is 1. The van der Waals surface area contributed by atoms with Crippen LogP contribution in [0.4, 0.5) is 0 Å². The average molecular weight is 235 g/mol. The van der Waals surface area contributed by atoms with Crippen LogP contribution in [-0.4, -0.2) is 20.3 Å². The summed E-state index contributed by atoms with van der Waals surface area (Å²) in [6, 6.07) is 6.51. The van der Waals surface area contributed by atoms with Crippen molar-refractivity contribution in [1.82, 2.24) is 5.32 Å². The fraction of sp³-hybridized carbons (Fsp3) is 0.571. The summed E-state index contributed by atoms with van der Waals surface area (Å²) in [6.07, 6.45) is 3.50. The minimum absolute atomic E-state index is 0.427. The predicted octanol–water partition coefficient (Wildman–Crippen LogP) is 2.91. The van der Waals surface area contributed by atoms with Crippen LogP contribution in [0.5, 0.6) is 11.5 Å². The molecule has 1 unspecified atom stereocenters. The van der Waals surface area contributed by atoms with Crippen molar-refractivity contribution in [3.63, 3.8) is 0 Å². The second-order valence-corrected chi connectivity index (χ2v) is 4.40. The molecule has 1 aromatic rings. The summed E-state index contributed by atoms with van der Waals surface area (Å²) in [5.74, 6) is 1.82. The van der Waals surface area contributed by atoms with Gasteiger partial charge < -0.3 is 14.8 Å². The number of benzene rings is 1. The molecule has 3 heteroatoms. The van der Waals surface area contributed by atoms with Crippen molar-refractivity contribution in [3.05, 3.63) is 23.8 Å². The van der Waals surface area contributed by atoms with E-state index in [1.165, 1.54) is 18.4 Å². The lowest BCUT2D eigenvalue weighted by atomic mass is 10.00. The average Bonchev–Trinajstić information content (AvgIpc) is 2.38. The highest BCUT2D eigenvalue weighted by Gasteiger charge is 2.21. The van der Waals surface area contributed by atoms with Crippen LogP contribution in [0.25, 0.3) is 0 Å². The number of rotatable bonds is 5. The zero-order chi connectivity index (χ0) is 12.1. The van der Waals surface area contributed by atoms with Crippen LogP contribution in [0, 0.1) is 0 Å². The Morgan fingerprint density at radius 2 is 2.35 bits per heavy atom. The Balaban J connectivity index is 2.08. The number of nitrogens with one attached hydrogen (secondary N) is 1. The zero-order valence-corrected chi connectivity index (χ0v) is 10.7. The zero-order valence-electron chi connectivity index (χ0n) is 10.7. The van der Waals surface area contributed by atoms with Gasteiger partial charge in [-0.2, -0.15) is 0 Å². The summed E-state index contributed by atoms with van der Waals surface area (Å²) in [7, 11) is 1.68. The molecular formula is C14H21NO2. The van der Waals surface area contributed by atoms with Crippen molar-refractivity contribution in [2.75, 3.05) is 20.3 Å². The molecule has 3 nitrogen and oxygen atoms in total. The smallest absolute Gasteiger partial charge is 0.127 e. The SMILES string of the molecule is CCCCNC1CCOc2cc(OC)ccc21. The van der Waals surface area contributed by atoms with Crippen molar-refractivity contribution in [2.24, 2.45) is 0 Å². The maximum atomic E-state index is 5.68. The van der Waals surface area contributed by atoms with Gasteiger partial charge in [0.2, 0.25) is 0 Å². The molecule has 17 heavy (non-hydrogen) atoms. The quantitative estimate of drug-likeness (QED) is 0.796. The number of ether oxygens (including phenoxy) is 2. The highest BCUT2D eigenvalue weighted by molar-refractivity contribution is 5.43. The summed E-state index contributed by atoms with van der Waals surface area (Å²) in [5, 5.41) is 3.60. The van der Waals surface area contributed by atoms with Crippen molar-refractivity contribution in [3.8, 4) is 11.5 Å². The monoisotopic (exact) mass is 235 g/mol. The molecule has 0 spiro atoms. The van der Waals surface area contributed by atoms with Crippen molar-refractivity contribution in [1.29, 1.82) is 0 Å². The molecule has 1 heterocycles. The van der Waals surface area contributed by atoms with E-state index in [0.717, 1.165) is 31.1 Å². The fourth-order valence-corrected chi connectivity index (χ4v) is 2.16. The van der Waals surface area contributed by atoms with Gasteiger partial charge in [0.1, 0.15) is 11.5 Å².